The molecule has 0 bridgehead atoms. The summed E-state index contributed by atoms with van der Waals surface area (Å²) in [6, 6.07) is 6.46. The molecule has 0 radical (unpaired) electrons. The molecule has 1 aliphatic heterocycles. The fraction of sp³-hybridized carbons (Fsp3) is 0.500. The SMILES string of the molecule is CNc1cc(C)nc(C2COCCN2Cc2ccc(C)s2)n1. The highest BCUT2D eigenvalue weighted by Gasteiger charge is 2.27. The molecule has 0 aromatic carbocycles. The topological polar surface area (TPSA) is 50.3 Å². The summed E-state index contributed by atoms with van der Waals surface area (Å²) in [4.78, 5) is 14.4. The second-order valence-electron chi connectivity index (χ2n) is 5.58. The fourth-order valence-corrected chi connectivity index (χ4v) is 3.62. The van der Waals surface area contributed by atoms with Crippen molar-refractivity contribution in [1.29, 1.82) is 0 Å². The molecule has 1 saturated heterocycles. The van der Waals surface area contributed by atoms with E-state index in [0.717, 1.165) is 37.0 Å². The Balaban J connectivity index is 1.84. The Kier molecular flexibility index (Phi) is 4.71. The summed E-state index contributed by atoms with van der Waals surface area (Å²) < 4.78 is 5.68. The van der Waals surface area contributed by atoms with E-state index in [1.807, 2.05) is 31.4 Å². The molecular weight excluding hydrogens is 296 g/mol. The number of anilines is 1. The molecule has 1 aliphatic rings. The van der Waals surface area contributed by atoms with Crippen LogP contribution in [0, 0.1) is 13.8 Å². The van der Waals surface area contributed by atoms with Crippen LogP contribution in [0.25, 0.3) is 0 Å². The molecule has 0 aliphatic carbocycles. The van der Waals surface area contributed by atoms with Crippen LogP contribution in [-0.4, -0.2) is 41.7 Å². The number of ether oxygens (including phenoxy) is 1. The van der Waals surface area contributed by atoms with Gasteiger partial charge in [-0.2, -0.15) is 0 Å². The van der Waals surface area contributed by atoms with Crippen molar-refractivity contribution >= 4 is 17.2 Å². The lowest BCUT2D eigenvalue weighted by Gasteiger charge is -2.34. The van der Waals surface area contributed by atoms with Crippen molar-refractivity contribution in [3.63, 3.8) is 0 Å². The Labute approximate surface area is 135 Å². The summed E-state index contributed by atoms with van der Waals surface area (Å²) in [5.41, 5.74) is 0.979. The number of aryl methyl sites for hydroxylation is 2. The van der Waals surface area contributed by atoms with Gasteiger partial charge >= 0.3 is 0 Å². The molecule has 0 amide bonds. The highest BCUT2D eigenvalue weighted by Crippen LogP contribution is 2.27. The lowest BCUT2D eigenvalue weighted by Crippen LogP contribution is -2.39. The quantitative estimate of drug-likeness (QED) is 0.939. The Morgan fingerprint density at radius 3 is 2.95 bits per heavy atom. The Morgan fingerprint density at radius 2 is 2.23 bits per heavy atom. The number of hydrogen-bond donors (Lipinski definition) is 1. The Bertz CT molecular complexity index is 643. The number of nitrogens with zero attached hydrogens (tertiary/aromatic N) is 3. The van der Waals surface area contributed by atoms with E-state index >= 15 is 0 Å². The average molecular weight is 318 g/mol. The van der Waals surface area contributed by atoms with Crippen LogP contribution in [0.3, 0.4) is 0 Å². The van der Waals surface area contributed by atoms with Crippen molar-refractivity contribution in [3.05, 3.63) is 39.5 Å². The van der Waals surface area contributed by atoms with Crippen LogP contribution in [0.5, 0.6) is 0 Å². The molecule has 22 heavy (non-hydrogen) atoms. The molecular formula is C16H22N4OS. The van der Waals surface area contributed by atoms with E-state index in [9.17, 15) is 0 Å². The maximum absolute atomic E-state index is 5.68. The molecule has 5 nitrogen and oxygen atoms in total. The van der Waals surface area contributed by atoms with Gasteiger partial charge in [0, 0.05) is 41.7 Å². The molecule has 1 atom stereocenters. The molecule has 1 N–H and O–H groups in total. The molecule has 118 valence electrons. The van der Waals surface area contributed by atoms with E-state index in [0.29, 0.717) is 6.61 Å². The predicted octanol–water partition coefficient (Wildman–Crippen LogP) is 2.77. The largest absolute Gasteiger partial charge is 0.378 e. The van der Waals surface area contributed by atoms with Crippen LogP contribution < -0.4 is 5.32 Å². The van der Waals surface area contributed by atoms with Gasteiger partial charge in [0.15, 0.2) is 0 Å². The molecule has 1 unspecified atom stereocenters. The fourth-order valence-electron chi connectivity index (χ4n) is 2.70. The van der Waals surface area contributed by atoms with E-state index in [4.69, 9.17) is 4.74 Å². The summed E-state index contributed by atoms with van der Waals surface area (Å²) in [6.45, 7) is 7.41. The van der Waals surface area contributed by atoms with Crippen LogP contribution in [0.2, 0.25) is 0 Å². The first-order valence-corrected chi connectivity index (χ1v) is 8.38. The van der Waals surface area contributed by atoms with Crippen molar-refractivity contribution in [2.75, 3.05) is 32.1 Å². The second-order valence-corrected chi connectivity index (χ2v) is 6.95. The zero-order chi connectivity index (χ0) is 15.5. The summed E-state index contributed by atoms with van der Waals surface area (Å²) in [5, 5.41) is 3.11. The van der Waals surface area contributed by atoms with Gasteiger partial charge in [0.05, 0.1) is 19.3 Å². The van der Waals surface area contributed by atoms with Crippen LogP contribution in [0.1, 0.15) is 27.3 Å². The number of nitrogens with one attached hydrogen (secondary N) is 1. The normalized spacial score (nSPS) is 19.3. The molecule has 3 heterocycles. The van der Waals surface area contributed by atoms with Gasteiger partial charge in [0.1, 0.15) is 11.6 Å². The molecule has 6 heteroatoms. The average Bonchev–Trinajstić information content (AvgIpc) is 2.92. The van der Waals surface area contributed by atoms with E-state index in [1.165, 1.54) is 9.75 Å². The maximum atomic E-state index is 5.68. The van der Waals surface area contributed by atoms with Crippen LogP contribution >= 0.6 is 11.3 Å². The predicted molar refractivity (Wildman–Crippen MR) is 89.3 cm³/mol. The number of morpholine rings is 1. The third-order valence-corrected chi connectivity index (χ3v) is 4.81. The maximum Gasteiger partial charge on any atom is 0.150 e. The van der Waals surface area contributed by atoms with E-state index in [-0.39, 0.29) is 6.04 Å². The van der Waals surface area contributed by atoms with Gasteiger partial charge in [0.2, 0.25) is 0 Å². The smallest absolute Gasteiger partial charge is 0.150 e. The molecule has 2 aromatic heterocycles. The number of thiophene rings is 1. The highest BCUT2D eigenvalue weighted by atomic mass is 32.1. The van der Waals surface area contributed by atoms with Crippen molar-refractivity contribution in [2.45, 2.75) is 26.4 Å². The molecule has 3 rings (SSSR count). The van der Waals surface area contributed by atoms with E-state index in [1.54, 1.807) is 0 Å². The third kappa shape index (κ3) is 3.45. The van der Waals surface area contributed by atoms with Crippen molar-refractivity contribution in [1.82, 2.24) is 14.9 Å². The minimum absolute atomic E-state index is 0.114. The molecule has 0 spiro atoms. The third-order valence-electron chi connectivity index (χ3n) is 3.82. The number of hydrogen-bond acceptors (Lipinski definition) is 6. The number of rotatable bonds is 4. The van der Waals surface area contributed by atoms with Crippen molar-refractivity contribution in [3.8, 4) is 0 Å². The first-order chi connectivity index (χ1) is 10.7. The summed E-state index contributed by atoms with van der Waals surface area (Å²) >= 11 is 1.85. The van der Waals surface area contributed by atoms with Gasteiger partial charge in [-0.25, -0.2) is 9.97 Å². The van der Waals surface area contributed by atoms with Gasteiger partial charge in [-0.15, -0.1) is 11.3 Å². The second kappa shape index (κ2) is 6.73. The van der Waals surface area contributed by atoms with Crippen LogP contribution in [0.15, 0.2) is 18.2 Å². The Morgan fingerprint density at radius 1 is 1.36 bits per heavy atom. The van der Waals surface area contributed by atoms with Gasteiger partial charge in [-0.3, -0.25) is 4.90 Å². The van der Waals surface area contributed by atoms with Crippen LogP contribution in [-0.2, 0) is 11.3 Å². The Hall–Kier alpha value is -1.50. The van der Waals surface area contributed by atoms with Gasteiger partial charge in [0.25, 0.3) is 0 Å². The summed E-state index contributed by atoms with van der Waals surface area (Å²) in [5.74, 6) is 1.71. The van der Waals surface area contributed by atoms with E-state index < -0.39 is 0 Å². The van der Waals surface area contributed by atoms with Crippen molar-refractivity contribution in [2.24, 2.45) is 0 Å². The first kappa shape index (κ1) is 15.4. The summed E-state index contributed by atoms with van der Waals surface area (Å²) in [7, 11) is 1.88. The van der Waals surface area contributed by atoms with Gasteiger partial charge in [-0.1, -0.05) is 0 Å². The molecule has 2 aromatic rings. The van der Waals surface area contributed by atoms with Crippen molar-refractivity contribution < 1.29 is 4.74 Å². The van der Waals surface area contributed by atoms with Gasteiger partial charge < -0.3 is 10.1 Å². The highest BCUT2D eigenvalue weighted by molar-refractivity contribution is 7.11. The standard InChI is InChI=1S/C16H22N4OS/c1-11-8-15(17-3)19-16(18-11)14-10-21-7-6-20(14)9-13-5-4-12(2)22-13/h4-5,8,14H,6-7,9-10H2,1-3H3,(H,17,18,19). The minimum Gasteiger partial charge on any atom is -0.378 e. The van der Waals surface area contributed by atoms with Crippen LogP contribution in [0.4, 0.5) is 5.82 Å². The molecule has 1 fully saturated rings. The van der Waals surface area contributed by atoms with Gasteiger partial charge in [-0.05, 0) is 26.0 Å². The number of aromatic nitrogens is 2. The molecule has 0 saturated carbocycles. The van der Waals surface area contributed by atoms with E-state index in [2.05, 4.69) is 39.2 Å². The zero-order valence-electron chi connectivity index (χ0n) is 13.3. The lowest BCUT2D eigenvalue weighted by molar-refractivity contribution is -0.0154. The first-order valence-electron chi connectivity index (χ1n) is 7.56. The zero-order valence-corrected chi connectivity index (χ0v) is 14.1. The minimum atomic E-state index is 0.114. The monoisotopic (exact) mass is 318 g/mol. The summed E-state index contributed by atoms with van der Waals surface area (Å²) in [6.07, 6.45) is 0. The lowest BCUT2D eigenvalue weighted by atomic mass is 10.2.